The van der Waals surface area contributed by atoms with Gasteiger partial charge in [0.1, 0.15) is 0 Å². The van der Waals surface area contributed by atoms with Crippen LogP contribution in [0.4, 0.5) is 0 Å². The molecule has 0 spiro atoms. The van der Waals surface area contributed by atoms with E-state index in [0.29, 0.717) is 12.1 Å². The van der Waals surface area contributed by atoms with Crippen molar-refractivity contribution in [3.8, 4) is 0 Å². The van der Waals surface area contributed by atoms with Gasteiger partial charge in [0, 0.05) is 50.6 Å². The number of carbonyl (C=O) groups is 1. The zero-order valence-corrected chi connectivity index (χ0v) is 10.9. The highest BCUT2D eigenvalue weighted by molar-refractivity contribution is 5.93. The Morgan fingerprint density at radius 2 is 2.16 bits per heavy atom. The van der Waals surface area contributed by atoms with Crippen molar-refractivity contribution < 1.29 is 4.79 Å². The van der Waals surface area contributed by atoms with E-state index in [1.54, 1.807) is 6.07 Å². The number of carbonyl (C=O) groups excluding carboxylic acids is 1. The van der Waals surface area contributed by atoms with Crippen LogP contribution in [0.1, 0.15) is 16.8 Å². The molecular formula is C13H20N4O2. The van der Waals surface area contributed by atoms with Crippen LogP contribution in [0.3, 0.4) is 0 Å². The number of rotatable bonds is 5. The number of amides is 1. The van der Waals surface area contributed by atoms with Crippen LogP contribution in [0.2, 0.25) is 0 Å². The summed E-state index contributed by atoms with van der Waals surface area (Å²) in [6.07, 6.45) is 2.41. The molecule has 1 aliphatic rings. The van der Waals surface area contributed by atoms with Crippen molar-refractivity contribution in [2.45, 2.75) is 6.42 Å². The van der Waals surface area contributed by atoms with Crippen LogP contribution in [0.5, 0.6) is 0 Å². The molecule has 1 aromatic rings. The van der Waals surface area contributed by atoms with E-state index in [1.165, 1.54) is 12.3 Å². The first kappa shape index (κ1) is 13.8. The second-order valence-corrected chi connectivity index (χ2v) is 4.64. The van der Waals surface area contributed by atoms with Gasteiger partial charge in [0.25, 0.3) is 5.91 Å². The van der Waals surface area contributed by atoms with Crippen LogP contribution >= 0.6 is 0 Å². The van der Waals surface area contributed by atoms with Crippen LogP contribution in [0.25, 0.3) is 0 Å². The first-order chi connectivity index (χ1) is 9.25. The lowest BCUT2D eigenvalue weighted by Crippen LogP contribution is -2.44. The summed E-state index contributed by atoms with van der Waals surface area (Å²) in [5, 5.41) is 6.14. The van der Waals surface area contributed by atoms with E-state index in [-0.39, 0.29) is 11.5 Å². The molecule has 2 rings (SSSR count). The highest BCUT2D eigenvalue weighted by Crippen LogP contribution is 1.95. The Labute approximate surface area is 112 Å². The highest BCUT2D eigenvalue weighted by atomic mass is 16.2. The van der Waals surface area contributed by atoms with E-state index in [2.05, 4.69) is 20.5 Å². The molecule has 0 bridgehead atoms. The fourth-order valence-electron chi connectivity index (χ4n) is 2.13. The Kier molecular flexibility index (Phi) is 5.11. The van der Waals surface area contributed by atoms with Gasteiger partial charge in [0.2, 0.25) is 5.56 Å². The molecule has 104 valence electrons. The second-order valence-electron chi connectivity index (χ2n) is 4.64. The van der Waals surface area contributed by atoms with Gasteiger partial charge in [-0.3, -0.25) is 9.59 Å². The van der Waals surface area contributed by atoms with Crippen LogP contribution in [-0.4, -0.2) is 55.1 Å². The SMILES string of the molecule is O=C(NCCCN1CCNCC1)c1cc[nH]c(=O)c1. The predicted octanol–water partition coefficient (Wildman–Crippen LogP) is -0.600. The summed E-state index contributed by atoms with van der Waals surface area (Å²) in [7, 11) is 0. The van der Waals surface area contributed by atoms with E-state index in [1.807, 2.05) is 0 Å². The van der Waals surface area contributed by atoms with Crippen LogP contribution < -0.4 is 16.2 Å². The van der Waals surface area contributed by atoms with Gasteiger partial charge in [-0.25, -0.2) is 0 Å². The minimum absolute atomic E-state index is 0.189. The van der Waals surface area contributed by atoms with Crippen LogP contribution in [-0.2, 0) is 0 Å². The van der Waals surface area contributed by atoms with Gasteiger partial charge >= 0.3 is 0 Å². The van der Waals surface area contributed by atoms with E-state index in [9.17, 15) is 9.59 Å². The second kappa shape index (κ2) is 7.06. The lowest BCUT2D eigenvalue weighted by Gasteiger charge is -2.27. The zero-order chi connectivity index (χ0) is 13.5. The third-order valence-corrected chi connectivity index (χ3v) is 3.18. The highest BCUT2D eigenvalue weighted by Gasteiger charge is 2.09. The van der Waals surface area contributed by atoms with Gasteiger partial charge in [-0.15, -0.1) is 0 Å². The topological polar surface area (TPSA) is 77.2 Å². The summed E-state index contributed by atoms with van der Waals surface area (Å²) >= 11 is 0. The average Bonchev–Trinajstić information content (AvgIpc) is 2.44. The van der Waals surface area contributed by atoms with Crippen LogP contribution in [0.15, 0.2) is 23.1 Å². The lowest BCUT2D eigenvalue weighted by molar-refractivity contribution is 0.0951. The van der Waals surface area contributed by atoms with Gasteiger partial charge in [0.15, 0.2) is 0 Å². The van der Waals surface area contributed by atoms with Crippen molar-refractivity contribution in [1.82, 2.24) is 20.5 Å². The number of aromatic amines is 1. The summed E-state index contributed by atoms with van der Waals surface area (Å²) in [6, 6.07) is 2.92. The third-order valence-electron chi connectivity index (χ3n) is 3.18. The Balaban J connectivity index is 1.67. The molecule has 0 unspecified atom stereocenters. The van der Waals surface area contributed by atoms with Crippen LogP contribution in [0, 0.1) is 0 Å². The van der Waals surface area contributed by atoms with Gasteiger partial charge in [-0.2, -0.15) is 0 Å². The minimum Gasteiger partial charge on any atom is -0.352 e. The number of piperazine rings is 1. The molecule has 2 heterocycles. The number of nitrogens with zero attached hydrogens (tertiary/aromatic N) is 1. The van der Waals surface area contributed by atoms with Gasteiger partial charge in [0.05, 0.1) is 0 Å². The zero-order valence-electron chi connectivity index (χ0n) is 10.9. The first-order valence-corrected chi connectivity index (χ1v) is 6.66. The smallest absolute Gasteiger partial charge is 0.251 e. The summed E-state index contributed by atoms with van der Waals surface area (Å²) in [4.78, 5) is 27.7. The largest absolute Gasteiger partial charge is 0.352 e. The molecule has 1 fully saturated rings. The molecule has 1 saturated heterocycles. The van der Waals surface area contributed by atoms with E-state index >= 15 is 0 Å². The number of hydrogen-bond acceptors (Lipinski definition) is 4. The van der Waals surface area contributed by atoms with Gasteiger partial charge in [-0.05, 0) is 19.0 Å². The van der Waals surface area contributed by atoms with Crippen molar-refractivity contribution >= 4 is 5.91 Å². The summed E-state index contributed by atoms with van der Waals surface area (Å²) in [5.74, 6) is -0.189. The van der Waals surface area contributed by atoms with Crippen molar-refractivity contribution in [2.24, 2.45) is 0 Å². The average molecular weight is 264 g/mol. The van der Waals surface area contributed by atoms with Gasteiger partial charge < -0.3 is 20.5 Å². The monoisotopic (exact) mass is 264 g/mol. The van der Waals surface area contributed by atoms with Crippen molar-refractivity contribution in [3.63, 3.8) is 0 Å². The fourth-order valence-corrected chi connectivity index (χ4v) is 2.13. The number of hydrogen-bond donors (Lipinski definition) is 3. The number of nitrogens with one attached hydrogen (secondary N) is 3. The number of pyridine rings is 1. The maximum atomic E-state index is 11.8. The van der Waals surface area contributed by atoms with Crippen molar-refractivity contribution in [3.05, 3.63) is 34.2 Å². The standard InChI is InChI=1S/C13H20N4O2/c18-12-10-11(2-4-15-12)13(19)16-3-1-7-17-8-5-14-6-9-17/h2,4,10,14H,1,3,5-9H2,(H,15,18)(H,16,19). The lowest BCUT2D eigenvalue weighted by atomic mass is 10.2. The summed E-state index contributed by atoms with van der Waals surface area (Å²) in [6.45, 7) is 5.86. The fraction of sp³-hybridized carbons (Fsp3) is 0.538. The molecule has 1 aromatic heterocycles. The molecule has 0 aromatic carbocycles. The molecule has 6 nitrogen and oxygen atoms in total. The summed E-state index contributed by atoms with van der Waals surface area (Å²) < 4.78 is 0. The van der Waals surface area contributed by atoms with E-state index in [4.69, 9.17) is 0 Å². The molecule has 0 saturated carbocycles. The molecule has 1 aliphatic heterocycles. The molecular weight excluding hydrogens is 244 g/mol. The maximum Gasteiger partial charge on any atom is 0.251 e. The predicted molar refractivity (Wildman–Crippen MR) is 73.3 cm³/mol. The third kappa shape index (κ3) is 4.50. The molecule has 0 atom stereocenters. The molecule has 19 heavy (non-hydrogen) atoms. The van der Waals surface area contributed by atoms with Gasteiger partial charge in [-0.1, -0.05) is 0 Å². The van der Waals surface area contributed by atoms with E-state index < -0.39 is 0 Å². The Morgan fingerprint density at radius 3 is 2.89 bits per heavy atom. The molecule has 3 N–H and O–H groups in total. The molecule has 1 amide bonds. The quantitative estimate of drug-likeness (QED) is 0.621. The first-order valence-electron chi connectivity index (χ1n) is 6.66. The Hall–Kier alpha value is -1.66. The Bertz CT molecular complexity index is 466. The van der Waals surface area contributed by atoms with Crippen molar-refractivity contribution in [1.29, 1.82) is 0 Å². The minimum atomic E-state index is -0.256. The normalized spacial score (nSPS) is 16.2. The summed E-state index contributed by atoms with van der Waals surface area (Å²) in [5.41, 5.74) is 0.152. The van der Waals surface area contributed by atoms with E-state index in [0.717, 1.165) is 39.1 Å². The number of aromatic nitrogens is 1. The Morgan fingerprint density at radius 1 is 1.37 bits per heavy atom. The van der Waals surface area contributed by atoms with Crippen molar-refractivity contribution in [2.75, 3.05) is 39.3 Å². The molecule has 0 radical (unpaired) electrons. The molecule has 0 aliphatic carbocycles. The number of H-pyrrole nitrogens is 1. The maximum absolute atomic E-state index is 11.8. The molecule has 6 heteroatoms.